The predicted molar refractivity (Wildman–Crippen MR) is 113 cm³/mol. The van der Waals surface area contributed by atoms with Crippen molar-refractivity contribution < 1.29 is 45.0 Å². The van der Waals surface area contributed by atoms with Crippen LogP contribution in [-0.4, -0.2) is 49.9 Å². The Balaban J connectivity index is 2.01. The van der Waals surface area contributed by atoms with Crippen LogP contribution in [-0.2, 0) is 0 Å². The van der Waals surface area contributed by atoms with E-state index in [0.29, 0.717) is 0 Å². The van der Waals surface area contributed by atoms with Crippen molar-refractivity contribution in [1.82, 2.24) is 4.98 Å². The molecule has 0 aliphatic carbocycles. The molecule has 0 spiro atoms. The zero-order valence-corrected chi connectivity index (χ0v) is 18.7. The van der Waals surface area contributed by atoms with Gasteiger partial charge in [-0.15, -0.1) is 0 Å². The van der Waals surface area contributed by atoms with E-state index in [-0.39, 0.29) is 0 Å². The molecule has 4 rings (SSSR count). The van der Waals surface area contributed by atoms with Gasteiger partial charge in [-0.2, -0.15) is 0 Å². The van der Waals surface area contributed by atoms with Crippen molar-refractivity contribution in [2.75, 3.05) is 38.0 Å². The molecule has 36 heavy (non-hydrogen) atoms. The molecule has 6 nitrogen and oxygen atoms in total. The van der Waals surface area contributed by atoms with Crippen LogP contribution >= 0.6 is 0 Å². The first kappa shape index (κ1) is 25.0. The third-order valence-electron chi connectivity index (χ3n) is 5.51. The standard InChI is InChI=1S/C22H14F8N4O2/c1-33(2)19-13(27)9(23)7(10(24)14(19)28)17-5-6(22(36)31-17)18(32-21(5)35)8-11(25)15(29)20(34(3)4)16(30)12(8)26/h31,36H,1-4H3. The number of aromatic nitrogens is 1. The van der Waals surface area contributed by atoms with Crippen LogP contribution in [0.5, 0.6) is 5.88 Å². The smallest absolute Gasteiger partial charge is 0.280 e. The number of carbonyl (C=O) groups excluding carboxylic acids is 1. The molecule has 1 amide bonds. The van der Waals surface area contributed by atoms with E-state index in [0.717, 1.165) is 38.0 Å². The van der Waals surface area contributed by atoms with Gasteiger partial charge in [-0.05, 0) is 0 Å². The number of rotatable bonds is 4. The second-order valence-corrected chi connectivity index (χ2v) is 8.11. The number of nitrogens with one attached hydrogen (secondary N) is 1. The van der Waals surface area contributed by atoms with Crippen molar-refractivity contribution in [3.05, 3.63) is 63.2 Å². The highest BCUT2D eigenvalue weighted by Crippen LogP contribution is 2.43. The van der Waals surface area contributed by atoms with Crippen LogP contribution < -0.4 is 9.80 Å². The number of aliphatic imine (C=N–C) groups is 1. The number of hydrogen-bond donors (Lipinski definition) is 2. The highest BCUT2D eigenvalue weighted by atomic mass is 19.2. The molecule has 14 heteroatoms. The number of benzene rings is 2. The van der Waals surface area contributed by atoms with Crippen LogP contribution in [0.3, 0.4) is 0 Å². The monoisotopic (exact) mass is 518 g/mol. The van der Waals surface area contributed by atoms with Gasteiger partial charge >= 0.3 is 0 Å². The van der Waals surface area contributed by atoms with E-state index < -0.39 is 103 Å². The summed E-state index contributed by atoms with van der Waals surface area (Å²) in [7, 11) is 4.40. The van der Waals surface area contributed by atoms with Gasteiger partial charge < -0.3 is 19.9 Å². The minimum absolute atomic E-state index is 0.742. The van der Waals surface area contributed by atoms with E-state index >= 15 is 0 Å². The molecule has 0 atom stereocenters. The fourth-order valence-corrected chi connectivity index (χ4v) is 3.97. The number of anilines is 2. The van der Waals surface area contributed by atoms with Crippen molar-refractivity contribution >= 4 is 23.0 Å². The maximum Gasteiger partial charge on any atom is 0.280 e. The molecule has 0 bridgehead atoms. The van der Waals surface area contributed by atoms with Crippen LogP contribution in [0, 0.1) is 46.5 Å². The second-order valence-electron chi connectivity index (χ2n) is 8.11. The summed E-state index contributed by atoms with van der Waals surface area (Å²) < 4.78 is 117. The normalized spacial score (nSPS) is 12.8. The number of fused-ring (bicyclic) bond motifs is 1. The molecule has 1 aliphatic rings. The van der Waals surface area contributed by atoms with E-state index in [1.54, 1.807) is 0 Å². The molecule has 1 aliphatic heterocycles. The Hall–Kier alpha value is -4.10. The molecule has 2 heterocycles. The Kier molecular flexibility index (Phi) is 5.72. The fraction of sp³-hybridized carbons (Fsp3) is 0.182. The zero-order chi connectivity index (χ0) is 27.0. The van der Waals surface area contributed by atoms with E-state index in [4.69, 9.17) is 0 Å². The Labute approximate surface area is 197 Å². The van der Waals surface area contributed by atoms with Crippen molar-refractivity contribution in [3.8, 4) is 17.1 Å². The van der Waals surface area contributed by atoms with Gasteiger partial charge in [0, 0.05) is 28.2 Å². The minimum atomic E-state index is -1.98. The quantitative estimate of drug-likeness (QED) is 0.391. The fourth-order valence-electron chi connectivity index (χ4n) is 3.97. The lowest BCUT2D eigenvalue weighted by Crippen LogP contribution is -2.19. The Morgan fingerprint density at radius 3 is 1.39 bits per heavy atom. The van der Waals surface area contributed by atoms with Gasteiger partial charge in [-0.3, -0.25) is 4.79 Å². The molecule has 3 aromatic rings. The van der Waals surface area contributed by atoms with E-state index in [9.17, 15) is 45.0 Å². The van der Waals surface area contributed by atoms with Gasteiger partial charge in [0.05, 0.1) is 33.7 Å². The summed E-state index contributed by atoms with van der Waals surface area (Å²) >= 11 is 0. The van der Waals surface area contributed by atoms with Crippen LogP contribution in [0.15, 0.2) is 4.99 Å². The molecule has 2 N–H and O–H groups in total. The van der Waals surface area contributed by atoms with E-state index in [2.05, 4.69) is 4.99 Å². The second kappa shape index (κ2) is 8.24. The number of nitrogens with zero attached hydrogens (tertiary/aromatic N) is 3. The summed E-state index contributed by atoms with van der Waals surface area (Å²) in [6, 6.07) is 0. The first-order valence-corrected chi connectivity index (χ1v) is 9.87. The number of aromatic amines is 1. The van der Waals surface area contributed by atoms with Gasteiger partial charge in [0.2, 0.25) is 0 Å². The largest absolute Gasteiger partial charge is 0.494 e. The van der Waals surface area contributed by atoms with Crippen molar-refractivity contribution in [2.45, 2.75) is 0 Å². The van der Waals surface area contributed by atoms with Crippen molar-refractivity contribution in [1.29, 1.82) is 0 Å². The Morgan fingerprint density at radius 2 is 1.00 bits per heavy atom. The molecule has 0 radical (unpaired) electrons. The van der Waals surface area contributed by atoms with Gasteiger partial charge in [0.15, 0.2) is 52.4 Å². The number of halogens is 8. The van der Waals surface area contributed by atoms with Crippen molar-refractivity contribution in [2.24, 2.45) is 4.99 Å². The SMILES string of the molecule is CN(C)c1c(F)c(F)c(C2=NC(=O)c3c(-c4c(F)c(F)c(N(C)C)c(F)c4F)[nH]c(O)c32)c(F)c1F. The number of carbonyl (C=O) groups is 1. The summed E-state index contributed by atoms with van der Waals surface area (Å²) in [6.07, 6.45) is 0. The molecule has 0 saturated heterocycles. The summed E-state index contributed by atoms with van der Waals surface area (Å²) in [5, 5.41) is 10.3. The summed E-state index contributed by atoms with van der Waals surface area (Å²) in [4.78, 5) is 19.3. The predicted octanol–water partition coefficient (Wildman–Crippen LogP) is 4.62. The minimum Gasteiger partial charge on any atom is -0.494 e. The number of H-pyrrole nitrogens is 1. The molecule has 190 valence electrons. The summed E-state index contributed by atoms with van der Waals surface area (Å²) in [5.74, 6) is -17.9. The first-order valence-electron chi connectivity index (χ1n) is 9.87. The number of aromatic hydroxyl groups is 1. The van der Waals surface area contributed by atoms with Crippen LogP contribution in [0.1, 0.15) is 21.5 Å². The van der Waals surface area contributed by atoms with Crippen molar-refractivity contribution in [3.63, 3.8) is 0 Å². The topological polar surface area (TPSA) is 71.9 Å². The van der Waals surface area contributed by atoms with Gasteiger partial charge in [-0.1, -0.05) is 0 Å². The molecule has 0 saturated carbocycles. The molecule has 0 unspecified atom stereocenters. The maximum atomic E-state index is 14.8. The van der Waals surface area contributed by atoms with Gasteiger partial charge in [-0.25, -0.2) is 40.1 Å². The molecule has 2 aromatic carbocycles. The molecular weight excluding hydrogens is 504 g/mol. The van der Waals surface area contributed by atoms with E-state index in [1.165, 1.54) is 0 Å². The lowest BCUT2D eigenvalue weighted by atomic mass is 9.97. The Bertz CT molecular complexity index is 1450. The van der Waals surface area contributed by atoms with Crippen LogP contribution in [0.4, 0.5) is 46.5 Å². The molecular formula is C22H14F8N4O2. The third-order valence-corrected chi connectivity index (χ3v) is 5.51. The average molecular weight is 518 g/mol. The summed E-state index contributed by atoms with van der Waals surface area (Å²) in [5.41, 5.74) is -9.08. The van der Waals surface area contributed by atoms with Crippen LogP contribution in [0.25, 0.3) is 11.3 Å². The highest BCUT2D eigenvalue weighted by molar-refractivity contribution is 6.30. The number of amides is 1. The zero-order valence-electron chi connectivity index (χ0n) is 18.7. The van der Waals surface area contributed by atoms with Gasteiger partial charge in [0.25, 0.3) is 5.91 Å². The Morgan fingerprint density at radius 1 is 0.611 bits per heavy atom. The number of hydrogen-bond acceptors (Lipinski definition) is 4. The molecule has 0 fully saturated rings. The first-order chi connectivity index (χ1) is 16.7. The lowest BCUT2D eigenvalue weighted by molar-refractivity contribution is 0.101. The maximum absolute atomic E-state index is 14.8. The molecule has 1 aromatic heterocycles. The van der Waals surface area contributed by atoms with E-state index in [1.807, 2.05) is 4.98 Å². The summed E-state index contributed by atoms with van der Waals surface area (Å²) in [6.45, 7) is 0. The highest BCUT2D eigenvalue weighted by Gasteiger charge is 2.41. The van der Waals surface area contributed by atoms with Crippen LogP contribution in [0.2, 0.25) is 0 Å². The third kappa shape index (κ3) is 3.23. The van der Waals surface area contributed by atoms with Gasteiger partial charge in [0.1, 0.15) is 11.4 Å². The average Bonchev–Trinajstić information content (AvgIpc) is 3.29. The lowest BCUT2D eigenvalue weighted by Gasteiger charge is -2.17.